The lowest BCUT2D eigenvalue weighted by Gasteiger charge is -2.20. The fourth-order valence-corrected chi connectivity index (χ4v) is 3.42. The lowest BCUT2D eigenvalue weighted by atomic mass is 10.1. The molecule has 0 heterocycles. The number of nitrogens with one attached hydrogen (secondary N) is 1. The number of aryl methyl sites for hydroxylation is 1. The van der Waals surface area contributed by atoms with Crippen LogP contribution in [0.25, 0.3) is 0 Å². The largest absolute Gasteiger partial charge is 0.326 e. The summed E-state index contributed by atoms with van der Waals surface area (Å²) in [7, 11) is -3.42. The van der Waals surface area contributed by atoms with E-state index in [4.69, 9.17) is 11.6 Å². The normalized spacial score (nSPS) is 11.6. The van der Waals surface area contributed by atoms with Gasteiger partial charge in [-0.1, -0.05) is 47.5 Å². The van der Waals surface area contributed by atoms with E-state index in [0.717, 1.165) is 22.9 Å². The number of carbonyl (C=O) groups excluding carboxylic acids is 1. The number of sulfonamides is 1. The van der Waals surface area contributed by atoms with Crippen molar-refractivity contribution >= 4 is 33.2 Å². The van der Waals surface area contributed by atoms with E-state index < -0.39 is 10.0 Å². The minimum atomic E-state index is -3.42. The van der Waals surface area contributed by atoms with Crippen molar-refractivity contribution in [3.8, 4) is 0 Å². The second-order valence-electron chi connectivity index (χ2n) is 6.29. The van der Waals surface area contributed by atoms with Gasteiger partial charge in [0.05, 0.1) is 6.26 Å². The molecule has 5 nitrogen and oxygen atoms in total. The molecule has 0 spiro atoms. The number of hydrogen-bond acceptors (Lipinski definition) is 3. The number of nitrogens with zero attached hydrogens (tertiary/aromatic N) is 1. The van der Waals surface area contributed by atoms with Crippen molar-refractivity contribution in [1.82, 2.24) is 4.31 Å². The minimum Gasteiger partial charge on any atom is -0.326 e. The van der Waals surface area contributed by atoms with Crippen LogP contribution < -0.4 is 5.32 Å². The summed E-state index contributed by atoms with van der Waals surface area (Å²) in [6.45, 7) is 4.14. The van der Waals surface area contributed by atoms with Gasteiger partial charge in [-0.3, -0.25) is 4.79 Å². The van der Waals surface area contributed by atoms with E-state index in [0.29, 0.717) is 10.7 Å². The summed E-state index contributed by atoms with van der Waals surface area (Å²) in [6.07, 6.45) is 1.21. The van der Waals surface area contributed by atoms with Gasteiger partial charge < -0.3 is 5.32 Å². The number of carbonyl (C=O) groups is 1. The second-order valence-corrected chi connectivity index (χ2v) is 8.68. The summed E-state index contributed by atoms with van der Waals surface area (Å²) in [5, 5.41) is 3.35. The predicted molar refractivity (Wildman–Crippen MR) is 106 cm³/mol. The molecule has 0 saturated carbocycles. The molecular weight excluding hydrogens is 372 g/mol. The van der Waals surface area contributed by atoms with Crippen molar-refractivity contribution < 1.29 is 13.2 Å². The number of anilines is 1. The topological polar surface area (TPSA) is 66.5 Å². The zero-order valence-electron chi connectivity index (χ0n) is 15.1. The summed E-state index contributed by atoms with van der Waals surface area (Å²) in [5.74, 6) is -0.257. The summed E-state index contributed by atoms with van der Waals surface area (Å²) in [6, 6.07) is 12.9. The van der Waals surface area contributed by atoms with Gasteiger partial charge in [0.15, 0.2) is 0 Å². The Morgan fingerprint density at radius 3 is 2.38 bits per heavy atom. The van der Waals surface area contributed by atoms with Crippen LogP contribution in [0, 0.1) is 13.8 Å². The third-order valence-electron chi connectivity index (χ3n) is 4.08. The van der Waals surface area contributed by atoms with Crippen molar-refractivity contribution in [3.05, 3.63) is 64.2 Å². The number of amides is 1. The van der Waals surface area contributed by atoms with Crippen LogP contribution >= 0.6 is 11.6 Å². The molecule has 2 aromatic carbocycles. The Labute approximate surface area is 160 Å². The fourth-order valence-electron chi connectivity index (χ4n) is 2.44. The third-order valence-corrected chi connectivity index (χ3v) is 5.74. The Morgan fingerprint density at radius 2 is 1.77 bits per heavy atom. The van der Waals surface area contributed by atoms with Gasteiger partial charge in [0.2, 0.25) is 15.9 Å². The third kappa shape index (κ3) is 5.83. The summed E-state index contributed by atoms with van der Waals surface area (Å²) in [5.41, 5.74) is 3.40. The van der Waals surface area contributed by atoms with Crippen molar-refractivity contribution in [2.75, 3.05) is 18.1 Å². The summed E-state index contributed by atoms with van der Waals surface area (Å²) < 4.78 is 25.4. The van der Waals surface area contributed by atoms with Crippen molar-refractivity contribution in [2.24, 2.45) is 0 Å². The maximum absolute atomic E-state index is 12.2. The molecule has 0 radical (unpaired) electrons. The Hall–Kier alpha value is -1.89. The maximum Gasteiger partial charge on any atom is 0.225 e. The number of halogens is 1. The highest BCUT2D eigenvalue weighted by Gasteiger charge is 2.18. The molecule has 0 unspecified atom stereocenters. The van der Waals surface area contributed by atoms with Gasteiger partial charge in [0.25, 0.3) is 0 Å². The van der Waals surface area contributed by atoms with Gasteiger partial charge in [-0.15, -0.1) is 0 Å². The Bertz CT molecular complexity index is 880. The molecule has 0 fully saturated rings. The highest BCUT2D eigenvalue weighted by atomic mass is 35.5. The van der Waals surface area contributed by atoms with Crippen LogP contribution in [-0.4, -0.2) is 31.4 Å². The van der Waals surface area contributed by atoms with Gasteiger partial charge >= 0.3 is 0 Å². The highest BCUT2D eigenvalue weighted by Crippen LogP contribution is 2.23. The van der Waals surface area contributed by atoms with Crippen molar-refractivity contribution in [3.63, 3.8) is 0 Å². The van der Waals surface area contributed by atoms with Crippen LogP contribution in [0.2, 0.25) is 5.02 Å². The molecule has 2 aromatic rings. The summed E-state index contributed by atoms with van der Waals surface area (Å²) in [4.78, 5) is 12.2. The smallest absolute Gasteiger partial charge is 0.225 e. The first-order valence-corrected chi connectivity index (χ1v) is 10.4. The van der Waals surface area contributed by atoms with Crippen LogP contribution in [0.5, 0.6) is 0 Å². The van der Waals surface area contributed by atoms with Crippen LogP contribution in [-0.2, 0) is 21.4 Å². The van der Waals surface area contributed by atoms with E-state index in [-0.39, 0.29) is 25.4 Å². The van der Waals surface area contributed by atoms with E-state index in [9.17, 15) is 13.2 Å². The van der Waals surface area contributed by atoms with Crippen LogP contribution in [0.15, 0.2) is 42.5 Å². The second kappa shape index (κ2) is 8.66. The molecule has 7 heteroatoms. The van der Waals surface area contributed by atoms with Gasteiger partial charge in [0, 0.05) is 30.2 Å². The van der Waals surface area contributed by atoms with E-state index in [2.05, 4.69) is 5.32 Å². The molecule has 1 amide bonds. The van der Waals surface area contributed by atoms with Gasteiger partial charge in [0.1, 0.15) is 0 Å². The van der Waals surface area contributed by atoms with Gasteiger partial charge in [-0.05, 0) is 37.1 Å². The monoisotopic (exact) mass is 394 g/mol. The molecule has 2 rings (SSSR count). The van der Waals surface area contributed by atoms with Crippen LogP contribution in [0.4, 0.5) is 5.69 Å². The quantitative estimate of drug-likeness (QED) is 0.777. The molecule has 0 aliphatic rings. The Balaban J connectivity index is 2.01. The standard InChI is InChI=1S/C19H23ClN2O3S/c1-14-7-9-16(10-8-14)13-22(26(3,24)25)12-11-19(23)21-18-6-4-5-17(20)15(18)2/h4-10H,11-13H2,1-3H3,(H,21,23). The lowest BCUT2D eigenvalue weighted by Crippen LogP contribution is -2.32. The molecular formula is C19H23ClN2O3S. The first kappa shape index (κ1) is 20.4. The highest BCUT2D eigenvalue weighted by molar-refractivity contribution is 7.88. The average Bonchev–Trinajstić information content (AvgIpc) is 2.56. The molecule has 0 atom stereocenters. The number of hydrogen-bond donors (Lipinski definition) is 1. The van der Waals surface area contributed by atoms with E-state index in [1.807, 2.05) is 38.1 Å². The molecule has 0 aliphatic heterocycles. The van der Waals surface area contributed by atoms with Gasteiger partial charge in [-0.25, -0.2) is 8.42 Å². The molecule has 140 valence electrons. The van der Waals surface area contributed by atoms with E-state index in [1.165, 1.54) is 4.31 Å². The summed E-state index contributed by atoms with van der Waals surface area (Å²) >= 11 is 6.05. The number of rotatable bonds is 7. The predicted octanol–water partition coefficient (Wildman–Crippen LogP) is 3.75. The average molecular weight is 395 g/mol. The van der Waals surface area contributed by atoms with Crippen LogP contribution in [0.3, 0.4) is 0 Å². The van der Waals surface area contributed by atoms with Crippen molar-refractivity contribution in [1.29, 1.82) is 0 Å². The lowest BCUT2D eigenvalue weighted by molar-refractivity contribution is -0.116. The molecule has 0 aromatic heterocycles. The number of benzene rings is 2. The van der Waals surface area contributed by atoms with Gasteiger partial charge in [-0.2, -0.15) is 4.31 Å². The first-order chi connectivity index (χ1) is 12.2. The Morgan fingerprint density at radius 1 is 1.12 bits per heavy atom. The molecule has 26 heavy (non-hydrogen) atoms. The fraction of sp³-hybridized carbons (Fsp3) is 0.316. The van der Waals surface area contributed by atoms with E-state index in [1.54, 1.807) is 18.2 Å². The van der Waals surface area contributed by atoms with Crippen LogP contribution in [0.1, 0.15) is 23.1 Å². The molecule has 1 N–H and O–H groups in total. The SMILES string of the molecule is Cc1ccc(CN(CCC(=O)Nc2cccc(Cl)c2C)S(C)(=O)=O)cc1. The minimum absolute atomic E-state index is 0.0604. The van der Waals surface area contributed by atoms with Crippen molar-refractivity contribution in [2.45, 2.75) is 26.8 Å². The molecule has 0 saturated heterocycles. The molecule has 0 aliphatic carbocycles. The maximum atomic E-state index is 12.2. The zero-order chi connectivity index (χ0) is 19.3. The molecule has 0 bridgehead atoms. The first-order valence-electron chi connectivity index (χ1n) is 8.22. The van der Waals surface area contributed by atoms with E-state index >= 15 is 0 Å². The Kier molecular flexibility index (Phi) is 6.81. The zero-order valence-corrected chi connectivity index (χ0v) is 16.7.